The highest BCUT2D eigenvalue weighted by Crippen LogP contribution is 2.31. The Morgan fingerprint density at radius 2 is 2.35 bits per heavy atom. The summed E-state index contributed by atoms with van der Waals surface area (Å²) in [4.78, 5) is 10.6. The van der Waals surface area contributed by atoms with Gasteiger partial charge >= 0.3 is 0 Å². The fourth-order valence-electron chi connectivity index (χ4n) is 2.61. The lowest BCUT2D eigenvalue weighted by Crippen LogP contribution is -2.29. The molecule has 0 aliphatic heterocycles. The summed E-state index contributed by atoms with van der Waals surface area (Å²) in [5.41, 5.74) is 7.70. The molecule has 0 spiro atoms. The summed E-state index contributed by atoms with van der Waals surface area (Å²) in [5.74, 6) is 0.481. The zero-order valence-corrected chi connectivity index (χ0v) is 11.9. The van der Waals surface area contributed by atoms with Gasteiger partial charge in [-0.15, -0.1) is 0 Å². The van der Waals surface area contributed by atoms with Gasteiger partial charge in [-0.1, -0.05) is 6.07 Å². The van der Waals surface area contributed by atoms with Gasteiger partial charge < -0.3 is 20.5 Å². The predicted octanol–water partition coefficient (Wildman–Crippen LogP) is 1.16. The molecule has 2 rings (SSSR count). The third-order valence-corrected chi connectivity index (χ3v) is 3.55. The fourth-order valence-corrected chi connectivity index (χ4v) is 2.61. The van der Waals surface area contributed by atoms with Crippen molar-refractivity contribution in [2.45, 2.75) is 25.3 Å². The van der Waals surface area contributed by atoms with E-state index in [0.717, 1.165) is 18.6 Å². The maximum absolute atomic E-state index is 10.6. The van der Waals surface area contributed by atoms with Crippen LogP contribution in [0.4, 0.5) is 0 Å². The van der Waals surface area contributed by atoms with E-state index in [2.05, 4.69) is 17.4 Å². The molecule has 110 valence electrons. The van der Waals surface area contributed by atoms with Crippen LogP contribution in [0, 0.1) is 0 Å². The summed E-state index contributed by atoms with van der Waals surface area (Å²) >= 11 is 0. The molecule has 1 aromatic carbocycles. The first-order chi connectivity index (χ1) is 9.70. The van der Waals surface area contributed by atoms with E-state index in [1.54, 1.807) is 7.11 Å². The lowest BCUT2D eigenvalue weighted by Gasteiger charge is -2.27. The van der Waals surface area contributed by atoms with Gasteiger partial charge in [-0.25, -0.2) is 0 Å². The molecule has 1 aliphatic carbocycles. The van der Waals surface area contributed by atoms with Crippen molar-refractivity contribution in [3.05, 3.63) is 29.3 Å². The molecule has 3 N–H and O–H groups in total. The van der Waals surface area contributed by atoms with E-state index >= 15 is 0 Å². The van der Waals surface area contributed by atoms with E-state index < -0.39 is 5.91 Å². The minimum Gasteiger partial charge on any atom is -0.497 e. The van der Waals surface area contributed by atoms with Crippen LogP contribution in [0.1, 0.15) is 30.0 Å². The molecular formula is C15H22N2O3. The number of carbonyl (C=O) groups excluding carboxylic acids is 1. The second-order valence-electron chi connectivity index (χ2n) is 4.98. The van der Waals surface area contributed by atoms with Crippen LogP contribution in [0.15, 0.2) is 18.2 Å². The van der Waals surface area contributed by atoms with Gasteiger partial charge in [0.1, 0.15) is 12.4 Å². The van der Waals surface area contributed by atoms with Crippen LogP contribution in [-0.4, -0.2) is 32.8 Å². The van der Waals surface area contributed by atoms with Gasteiger partial charge in [0, 0.05) is 12.6 Å². The first kappa shape index (κ1) is 14.8. The third kappa shape index (κ3) is 3.95. The SMILES string of the molecule is COc1ccc2c(c1)CCCC2NCCOCC(N)=O. The Morgan fingerprint density at radius 3 is 3.10 bits per heavy atom. The first-order valence-corrected chi connectivity index (χ1v) is 6.97. The molecule has 0 radical (unpaired) electrons. The third-order valence-electron chi connectivity index (χ3n) is 3.55. The number of benzene rings is 1. The topological polar surface area (TPSA) is 73.6 Å². The summed E-state index contributed by atoms with van der Waals surface area (Å²) < 4.78 is 10.4. The molecule has 1 aromatic rings. The summed E-state index contributed by atoms with van der Waals surface area (Å²) in [5, 5.41) is 3.47. The Labute approximate surface area is 119 Å². The Hall–Kier alpha value is -1.59. The maximum Gasteiger partial charge on any atom is 0.243 e. The van der Waals surface area contributed by atoms with E-state index in [1.165, 1.54) is 17.5 Å². The normalized spacial score (nSPS) is 17.6. The lowest BCUT2D eigenvalue weighted by atomic mass is 9.87. The number of hydrogen-bond donors (Lipinski definition) is 2. The number of aryl methyl sites for hydroxylation is 1. The summed E-state index contributed by atoms with van der Waals surface area (Å²) in [6, 6.07) is 6.60. The van der Waals surface area contributed by atoms with E-state index in [4.69, 9.17) is 15.2 Å². The van der Waals surface area contributed by atoms with Crippen molar-refractivity contribution in [3.8, 4) is 5.75 Å². The minimum atomic E-state index is -0.430. The van der Waals surface area contributed by atoms with E-state index in [9.17, 15) is 4.79 Å². The zero-order chi connectivity index (χ0) is 14.4. The van der Waals surface area contributed by atoms with E-state index in [1.807, 2.05) is 6.07 Å². The number of carbonyl (C=O) groups is 1. The number of hydrogen-bond acceptors (Lipinski definition) is 4. The monoisotopic (exact) mass is 278 g/mol. The number of ether oxygens (including phenoxy) is 2. The average Bonchev–Trinajstić information content (AvgIpc) is 2.46. The number of methoxy groups -OCH3 is 1. The van der Waals surface area contributed by atoms with Crippen molar-refractivity contribution < 1.29 is 14.3 Å². The quantitative estimate of drug-likeness (QED) is 0.734. The Balaban J connectivity index is 1.87. The van der Waals surface area contributed by atoms with E-state index in [0.29, 0.717) is 19.2 Å². The molecule has 5 heteroatoms. The van der Waals surface area contributed by atoms with Crippen LogP contribution in [0.2, 0.25) is 0 Å². The lowest BCUT2D eigenvalue weighted by molar-refractivity contribution is -0.122. The van der Waals surface area contributed by atoms with Gasteiger partial charge in [0.15, 0.2) is 0 Å². The highest BCUT2D eigenvalue weighted by molar-refractivity contribution is 5.74. The summed E-state index contributed by atoms with van der Waals surface area (Å²) in [7, 11) is 1.69. The molecule has 20 heavy (non-hydrogen) atoms. The maximum atomic E-state index is 10.6. The van der Waals surface area contributed by atoms with Gasteiger partial charge in [-0.3, -0.25) is 4.79 Å². The molecule has 1 unspecified atom stereocenters. The highest BCUT2D eigenvalue weighted by Gasteiger charge is 2.19. The van der Waals surface area contributed by atoms with Crippen molar-refractivity contribution in [3.63, 3.8) is 0 Å². The van der Waals surface area contributed by atoms with Gasteiger partial charge in [0.25, 0.3) is 0 Å². The first-order valence-electron chi connectivity index (χ1n) is 6.97. The number of amides is 1. The Kier molecular flexibility index (Phi) is 5.38. The number of rotatable bonds is 7. The Bertz CT molecular complexity index is 462. The summed E-state index contributed by atoms with van der Waals surface area (Å²) in [6.45, 7) is 1.19. The molecule has 0 saturated heterocycles. The molecule has 1 aliphatic rings. The zero-order valence-electron chi connectivity index (χ0n) is 11.9. The fraction of sp³-hybridized carbons (Fsp3) is 0.533. The standard InChI is InChI=1S/C15H22N2O3/c1-19-12-5-6-13-11(9-12)3-2-4-14(13)17-7-8-20-10-15(16)18/h5-6,9,14,17H,2-4,7-8,10H2,1H3,(H2,16,18). The number of fused-ring (bicyclic) bond motifs is 1. The largest absolute Gasteiger partial charge is 0.497 e. The molecule has 0 fully saturated rings. The molecule has 1 atom stereocenters. The van der Waals surface area contributed by atoms with Crippen molar-refractivity contribution >= 4 is 5.91 Å². The smallest absolute Gasteiger partial charge is 0.243 e. The molecule has 0 saturated carbocycles. The minimum absolute atomic E-state index is 0.0138. The predicted molar refractivity (Wildman–Crippen MR) is 76.7 cm³/mol. The van der Waals surface area contributed by atoms with Crippen LogP contribution >= 0.6 is 0 Å². The molecule has 1 amide bonds. The molecule has 5 nitrogen and oxygen atoms in total. The Morgan fingerprint density at radius 1 is 1.50 bits per heavy atom. The van der Waals surface area contributed by atoms with Crippen LogP contribution in [0.3, 0.4) is 0 Å². The van der Waals surface area contributed by atoms with Gasteiger partial charge in [-0.05, 0) is 42.5 Å². The van der Waals surface area contributed by atoms with Crippen LogP contribution in [0.25, 0.3) is 0 Å². The average molecular weight is 278 g/mol. The number of nitrogens with two attached hydrogens (primary N) is 1. The van der Waals surface area contributed by atoms with Crippen molar-refractivity contribution in [2.24, 2.45) is 5.73 Å². The molecule has 0 bridgehead atoms. The second kappa shape index (κ2) is 7.26. The number of nitrogens with one attached hydrogen (secondary N) is 1. The van der Waals surface area contributed by atoms with Gasteiger partial charge in [0.2, 0.25) is 5.91 Å². The van der Waals surface area contributed by atoms with Crippen molar-refractivity contribution in [2.75, 3.05) is 26.9 Å². The highest BCUT2D eigenvalue weighted by atomic mass is 16.5. The molecule has 0 aromatic heterocycles. The van der Waals surface area contributed by atoms with Crippen molar-refractivity contribution in [1.29, 1.82) is 0 Å². The van der Waals surface area contributed by atoms with Crippen LogP contribution < -0.4 is 15.8 Å². The number of primary amides is 1. The van der Waals surface area contributed by atoms with Gasteiger partial charge in [-0.2, -0.15) is 0 Å². The van der Waals surface area contributed by atoms with Crippen LogP contribution in [0.5, 0.6) is 5.75 Å². The molecular weight excluding hydrogens is 256 g/mol. The summed E-state index contributed by atoms with van der Waals surface area (Å²) in [6.07, 6.45) is 3.39. The van der Waals surface area contributed by atoms with E-state index in [-0.39, 0.29) is 6.61 Å². The van der Waals surface area contributed by atoms with Crippen LogP contribution in [-0.2, 0) is 16.0 Å². The van der Waals surface area contributed by atoms with Gasteiger partial charge in [0.05, 0.1) is 13.7 Å². The second-order valence-corrected chi connectivity index (χ2v) is 4.98. The molecule has 0 heterocycles. The van der Waals surface area contributed by atoms with Crippen molar-refractivity contribution in [1.82, 2.24) is 5.32 Å².